The van der Waals surface area contributed by atoms with Crippen LogP contribution in [0.3, 0.4) is 0 Å². The molecule has 1 amide bonds. The molecule has 2 saturated heterocycles. The summed E-state index contributed by atoms with van der Waals surface area (Å²) in [5, 5.41) is 3.41. The predicted molar refractivity (Wildman–Crippen MR) is 95.2 cm³/mol. The van der Waals surface area contributed by atoms with Gasteiger partial charge in [-0.3, -0.25) is 4.79 Å². The molecule has 3 aliphatic rings. The van der Waals surface area contributed by atoms with Crippen molar-refractivity contribution < 1.29 is 9.53 Å². The fourth-order valence-corrected chi connectivity index (χ4v) is 4.02. The SMILES string of the molecule is NC(=O)[C@H]1CCO[C@@H]1C1CCN(c2cc(NCC3CC3)ncn2)CC1. The maximum absolute atomic E-state index is 11.6. The summed E-state index contributed by atoms with van der Waals surface area (Å²) in [5.74, 6) is 2.78. The van der Waals surface area contributed by atoms with Crippen molar-refractivity contribution in [1.82, 2.24) is 9.97 Å². The highest BCUT2D eigenvalue weighted by Gasteiger charge is 2.39. The number of ether oxygens (including phenoxy) is 1. The van der Waals surface area contributed by atoms with Gasteiger partial charge in [-0.25, -0.2) is 9.97 Å². The van der Waals surface area contributed by atoms with Crippen molar-refractivity contribution in [2.24, 2.45) is 23.5 Å². The highest BCUT2D eigenvalue weighted by atomic mass is 16.5. The average molecular weight is 345 g/mol. The highest BCUT2D eigenvalue weighted by Crippen LogP contribution is 2.34. The number of aromatic nitrogens is 2. The molecule has 136 valence electrons. The molecule has 1 aromatic heterocycles. The molecule has 1 saturated carbocycles. The molecule has 7 nitrogen and oxygen atoms in total. The van der Waals surface area contributed by atoms with E-state index in [1.807, 2.05) is 6.07 Å². The van der Waals surface area contributed by atoms with Crippen LogP contribution in [0.5, 0.6) is 0 Å². The minimum absolute atomic E-state index is 0.000758. The van der Waals surface area contributed by atoms with Gasteiger partial charge < -0.3 is 20.7 Å². The topological polar surface area (TPSA) is 93.4 Å². The second-order valence-electron chi connectivity index (χ2n) is 7.54. The first kappa shape index (κ1) is 16.6. The number of carbonyl (C=O) groups excluding carboxylic acids is 1. The van der Waals surface area contributed by atoms with Crippen molar-refractivity contribution in [3.63, 3.8) is 0 Å². The maximum Gasteiger partial charge on any atom is 0.223 e. The van der Waals surface area contributed by atoms with E-state index in [0.29, 0.717) is 12.5 Å². The number of piperidine rings is 1. The first-order valence-corrected chi connectivity index (χ1v) is 9.42. The standard InChI is InChI=1S/C18H27N5O2/c19-18(24)14-5-8-25-17(14)13-3-6-23(7-4-13)16-9-15(21-11-22-16)20-10-12-1-2-12/h9,11-14,17H,1-8,10H2,(H2,19,24)(H,20,21,22)/t14-,17+/m0/s1. The average Bonchev–Trinajstić information content (AvgIpc) is 3.34. The molecule has 7 heteroatoms. The number of amides is 1. The van der Waals surface area contributed by atoms with Crippen molar-refractivity contribution >= 4 is 17.5 Å². The number of carbonyl (C=O) groups is 1. The molecule has 25 heavy (non-hydrogen) atoms. The monoisotopic (exact) mass is 345 g/mol. The molecule has 4 rings (SSSR count). The van der Waals surface area contributed by atoms with Crippen LogP contribution in [0, 0.1) is 17.8 Å². The van der Waals surface area contributed by atoms with Gasteiger partial charge >= 0.3 is 0 Å². The summed E-state index contributed by atoms with van der Waals surface area (Å²) in [7, 11) is 0. The Bertz CT molecular complexity index is 613. The molecular formula is C18H27N5O2. The Labute approximate surface area is 148 Å². The summed E-state index contributed by atoms with van der Waals surface area (Å²) in [5.41, 5.74) is 5.53. The van der Waals surface area contributed by atoms with Gasteiger partial charge in [0.1, 0.15) is 18.0 Å². The highest BCUT2D eigenvalue weighted by molar-refractivity contribution is 5.77. The number of hydrogen-bond donors (Lipinski definition) is 2. The molecule has 3 heterocycles. The van der Waals surface area contributed by atoms with Crippen molar-refractivity contribution in [1.29, 1.82) is 0 Å². The normalized spacial score (nSPS) is 27.4. The number of nitrogens with zero attached hydrogens (tertiary/aromatic N) is 3. The van der Waals surface area contributed by atoms with Gasteiger partial charge in [-0.15, -0.1) is 0 Å². The lowest BCUT2D eigenvalue weighted by atomic mass is 9.84. The van der Waals surface area contributed by atoms with Gasteiger partial charge in [0.2, 0.25) is 5.91 Å². The molecule has 1 aromatic rings. The van der Waals surface area contributed by atoms with Gasteiger partial charge in [0.05, 0.1) is 12.0 Å². The van der Waals surface area contributed by atoms with Crippen LogP contribution in [0.4, 0.5) is 11.6 Å². The van der Waals surface area contributed by atoms with Crippen LogP contribution in [0.15, 0.2) is 12.4 Å². The van der Waals surface area contributed by atoms with Crippen LogP contribution in [0.25, 0.3) is 0 Å². The van der Waals surface area contributed by atoms with Crippen molar-refractivity contribution in [3.8, 4) is 0 Å². The molecule has 0 spiro atoms. The first-order chi connectivity index (χ1) is 12.2. The van der Waals surface area contributed by atoms with Crippen LogP contribution in [-0.2, 0) is 9.53 Å². The Balaban J connectivity index is 1.33. The van der Waals surface area contributed by atoms with E-state index in [1.165, 1.54) is 12.8 Å². The second kappa shape index (κ2) is 7.15. The van der Waals surface area contributed by atoms with Crippen molar-refractivity contribution in [3.05, 3.63) is 12.4 Å². The van der Waals surface area contributed by atoms with Crippen LogP contribution < -0.4 is 16.0 Å². The smallest absolute Gasteiger partial charge is 0.223 e. The third kappa shape index (κ3) is 3.86. The molecule has 3 fully saturated rings. The molecule has 1 aliphatic carbocycles. The summed E-state index contributed by atoms with van der Waals surface area (Å²) in [6.07, 6.45) is 7.07. The molecule has 2 atom stereocenters. The number of hydrogen-bond acceptors (Lipinski definition) is 6. The van der Waals surface area contributed by atoms with E-state index in [4.69, 9.17) is 10.5 Å². The lowest BCUT2D eigenvalue weighted by Crippen LogP contribution is -2.42. The summed E-state index contributed by atoms with van der Waals surface area (Å²) in [6, 6.07) is 2.04. The number of nitrogens with one attached hydrogen (secondary N) is 1. The van der Waals surface area contributed by atoms with E-state index in [2.05, 4.69) is 20.2 Å². The molecule has 2 aliphatic heterocycles. The Morgan fingerprint density at radius 1 is 1.24 bits per heavy atom. The van der Waals surface area contributed by atoms with Gasteiger partial charge in [0.25, 0.3) is 0 Å². The largest absolute Gasteiger partial charge is 0.377 e. The summed E-state index contributed by atoms with van der Waals surface area (Å²) >= 11 is 0. The maximum atomic E-state index is 11.6. The fraction of sp³-hybridized carbons (Fsp3) is 0.722. The molecular weight excluding hydrogens is 318 g/mol. The van der Waals surface area contributed by atoms with Gasteiger partial charge in [-0.05, 0) is 43.9 Å². The zero-order chi connectivity index (χ0) is 17.2. The minimum atomic E-state index is -0.216. The van der Waals surface area contributed by atoms with Crippen molar-refractivity contribution in [2.75, 3.05) is 36.5 Å². The van der Waals surface area contributed by atoms with E-state index in [1.54, 1.807) is 6.33 Å². The third-order valence-electron chi connectivity index (χ3n) is 5.75. The molecule has 0 bridgehead atoms. The Hall–Kier alpha value is -1.89. The summed E-state index contributed by atoms with van der Waals surface area (Å²) in [4.78, 5) is 22.7. The third-order valence-corrected chi connectivity index (χ3v) is 5.75. The zero-order valence-corrected chi connectivity index (χ0v) is 14.6. The van der Waals surface area contributed by atoms with E-state index in [-0.39, 0.29) is 17.9 Å². The summed E-state index contributed by atoms with van der Waals surface area (Å²) in [6.45, 7) is 3.51. The Kier molecular flexibility index (Phi) is 4.74. The quantitative estimate of drug-likeness (QED) is 0.810. The van der Waals surface area contributed by atoms with Gasteiger partial charge in [0, 0.05) is 32.3 Å². The number of primary amides is 1. The van der Waals surface area contributed by atoms with Gasteiger partial charge in [0.15, 0.2) is 0 Å². The van der Waals surface area contributed by atoms with Gasteiger partial charge in [-0.2, -0.15) is 0 Å². The van der Waals surface area contributed by atoms with Crippen LogP contribution in [-0.4, -0.2) is 48.2 Å². The van der Waals surface area contributed by atoms with Gasteiger partial charge in [-0.1, -0.05) is 0 Å². The molecule has 0 radical (unpaired) electrons. The summed E-state index contributed by atoms with van der Waals surface area (Å²) < 4.78 is 5.83. The molecule has 0 unspecified atom stereocenters. The Morgan fingerprint density at radius 2 is 2.04 bits per heavy atom. The van der Waals surface area contributed by atoms with E-state index >= 15 is 0 Å². The number of rotatable bonds is 6. The van der Waals surface area contributed by atoms with Crippen LogP contribution >= 0.6 is 0 Å². The van der Waals surface area contributed by atoms with E-state index in [9.17, 15) is 4.79 Å². The lowest BCUT2D eigenvalue weighted by molar-refractivity contribution is -0.124. The molecule has 0 aromatic carbocycles. The molecule has 3 N–H and O–H groups in total. The number of anilines is 2. The Morgan fingerprint density at radius 3 is 2.76 bits per heavy atom. The minimum Gasteiger partial charge on any atom is -0.377 e. The van der Waals surface area contributed by atoms with Crippen LogP contribution in [0.1, 0.15) is 32.1 Å². The fourth-order valence-electron chi connectivity index (χ4n) is 4.02. The lowest BCUT2D eigenvalue weighted by Gasteiger charge is -2.36. The van der Waals surface area contributed by atoms with Crippen LogP contribution in [0.2, 0.25) is 0 Å². The van der Waals surface area contributed by atoms with Crippen molar-refractivity contribution in [2.45, 2.75) is 38.2 Å². The second-order valence-corrected chi connectivity index (χ2v) is 7.54. The number of nitrogens with two attached hydrogens (primary N) is 1. The van der Waals surface area contributed by atoms with E-state index < -0.39 is 0 Å². The first-order valence-electron chi connectivity index (χ1n) is 9.42. The van der Waals surface area contributed by atoms with E-state index in [0.717, 1.165) is 56.5 Å². The zero-order valence-electron chi connectivity index (χ0n) is 14.6. The predicted octanol–water partition coefficient (Wildman–Crippen LogP) is 1.41.